The summed E-state index contributed by atoms with van der Waals surface area (Å²) in [6.07, 6.45) is -0.552. The molecule has 0 aliphatic carbocycles. The lowest BCUT2D eigenvalue weighted by Gasteiger charge is -2.08. The predicted octanol–water partition coefficient (Wildman–Crippen LogP) is -0.117. The number of thiazole rings is 1. The van der Waals surface area contributed by atoms with Gasteiger partial charge in [0.1, 0.15) is 11.8 Å². The van der Waals surface area contributed by atoms with Gasteiger partial charge in [-0.25, -0.2) is 4.98 Å². The Labute approximate surface area is 113 Å². The van der Waals surface area contributed by atoms with Crippen LogP contribution in [0.3, 0.4) is 0 Å². The van der Waals surface area contributed by atoms with Crippen molar-refractivity contribution in [3.63, 3.8) is 0 Å². The third-order valence-electron chi connectivity index (χ3n) is 2.00. The zero-order valence-electron chi connectivity index (χ0n) is 10.5. The molecule has 1 unspecified atom stereocenters. The van der Waals surface area contributed by atoms with Gasteiger partial charge in [-0.2, -0.15) is 0 Å². The van der Waals surface area contributed by atoms with Gasteiger partial charge < -0.3 is 21.0 Å². The number of oxime groups is 1. The Morgan fingerprint density at radius 2 is 2.26 bits per heavy atom. The molecule has 19 heavy (non-hydrogen) atoms. The van der Waals surface area contributed by atoms with E-state index in [-0.39, 0.29) is 23.0 Å². The number of esters is 1. The zero-order valence-corrected chi connectivity index (χ0v) is 11.3. The van der Waals surface area contributed by atoms with Crippen molar-refractivity contribution in [2.75, 3.05) is 12.8 Å². The Bertz CT molecular complexity index is 499. The lowest BCUT2D eigenvalue weighted by molar-refractivity contribution is -0.143. The number of methoxy groups -OCH3 is 1. The Morgan fingerprint density at radius 3 is 2.74 bits per heavy atom. The fraction of sp³-hybridized carbons (Fsp3) is 0.400. The molecular formula is C10H14N4O4S. The summed E-state index contributed by atoms with van der Waals surface area (Å²) in [6.45, 7) is 1.61. The number of carbonyl (C=O) groups excluding carboxylic acids is 2. The Kier molecular flexibility index (Phi) is 5.24. The second-order valence-corrected chi connectivity index (χ2v) is 4.46. The first-order valence-electron chi connectivity index (χ1n) is 5.25. The molecule has 104 valence electrons. The van der Waals surface area contributed by atoms with Gasteiger partial charge in [-0.3, -0.25) is 9.59 Å². The maximum Gasteiger partial charge on any atom is 0.309 e. The number of hydrogen-bond donors (Lipinski definition) is 2. The average Bonchev–Trinajstić information content (AvgIpc) is 2.75. The van der Waals surface area contributed by atoms with E-state index in [0.717, 1.165) is 11.3 Å². The van der Waals surface area contributed by atoms with Crippen LogP contribution in [0.15, 0.2) is 10.5 Å². The zero-order chi connectivity index (χ0) is 14.4. The van der Waals surface area contributed by atoms with Crippen LogP contribution in [0.2, 0.25) is 0 Å². The molecule has 1 amide bonds. The quantitative estimate of drug-likeness (QED) is 0.426. The van der Waals surface area contributed by atoms with Gasteiger partial charge in [-0.1, -0.05) is 5.16 Å². The number of anilines is 1. The maximum atomic E-state index is 11.2. The Morgan fingerprint density at radius 1 is 1.58 bits per heavy atom. The van der Waals surface area contributed by atoms with Gasteiger partial charge >= 0.3 is 5.97 Å². The number of ether oxygens (including phenoxy) is 1. The minimum Gasteiger partial charge on any atom is -0.469 e. The highest BCUT2D eigenvalue weighted by Gasteiger charge is 2.17. The summed E-state index contributed by atoms with van der Waals surface area (Å²) in [5, 5.41) is 5.44. The molecule has 0 bridgehead atoms. The molecule has 1 rings (SSSR count). The third-order valence-corrected chi connectivity index (χ3v) is 2.68. The Balaban J connectivity index is 2.75. The van der Waals surface area contributed by atoms with Crippen LogP contribution in [0, 0.1) is 0 Å². The van der Waals surface area contributed by atoms with Crippen molar-refractivity contribution in [3.8, 4) is 0 Å². The van der Waals surface area contributed by atoms with Crippen LogP contribution in [0.4, 0.5) is 5.13 Å². The fourth-order valence-electron chi connectivity index (χ4n) is 1.11. The molecule has 0 spiro atoms. The minimum absolute atomic E-state index is 0.00520. The number of nitrogens with two attached hydrogens (primary N) is 2. The summed E-state index contributed by atoms with van der Waals surface area (Å²) < 4.78 is 4.48. The molecule has 9 heteroatoms. The number of carbonyl (C=O) groups is 2. The number of primary amides is 1. The van der Waals surface area contributed by atoms with Crippen LogP contribution in [0.1, 0.15) is 19.0 Å². The number of amides is 1. The maximum absolute atomic E-state index is 11.2. The van der Waals surface area contributed by atoms with Crippen molar-refractivity contribution in [2.24, 2.45) is 10.9 Å². The largest absolute Gasteiger partial charge is 0.469 e. The molecule has 1 heterocycles. The molecule has 1 atom stereocenters. The van der Waals surface area contributed by atoms with Crippen LogP contribution in [0.5, 0.6) is 0 Å². The fourth-order valence-corrected chi connectivity index (χ4v) is 1.66. The molecule has 4 N–H and O–H groups in total. The van der Waals surface area contributed by atoms with Crippen molar-refractivity contribution in [1.29, 1.82) is 0 Å². The Hall–Kier alpha value is -2.16. The monoisotopic (exact) mass is 286 g/mol. The predicted molar refractivity (Wildman–Crippen MR) is 69.4 cm³/mol. The number of nitrogen functional groups attached to an aromatic ring is 1. The highest BCUT2D eigenvalue weighted by atomic mass is 32.1. The van der Waals surface area contributed by atoms with Crippen LogP contribution >= 0.6 is 11.3 Å². The smallest absolute Gasteiger partial charge is 0.309 e. The summed E-state index contributed by atoms with van der Waals surface area (Å²) in [6, 6.07) is 0. The molecule has 0 aliphatic heterocycles. The van der Waals surface area contributed by atoms with Gasteiger partial charge in [0.05, 0.1) is 13.5 Å². The minimum atomic E-state index is -0.796. The summed E-state index contributed by atoms with van der Waals surface area (Å²) >= 11 is 1.15. The molecule has 1 aromatic heterocycles. The molecule has 1 aromatic rings. The first-order chi connectivity index (χ1) is 8.93. The highest BCUT2D eigenvalue weighted by Crippen LogP contribution is 2.12. The number of nitrogens with zero attached hydrogens (tertiary/aromatic N) is 2. The molecule has 0 aliphatic rings. The van der Waals surface area contributed by atoms with Crippen molar-refractivity contribution < 1.29 is 19.2 Å². The summed E-state index contributed by atoms with van der Waals surface area (Å²) in [4.78, 5) is 31.1. The standard InChI is InChI=1S/C10H14N4O4S/c1-5(3-7(15)17-2)18-14-8(9(11)16)6-4-19-10(12)13-6/h4-5H,3H2,1-2H3,(H2,11,16)(H2,12,13). The van der Waals surface area contributed by atoms with E-state index >= 15 is 0 Å². The van der Waals surface area contributed by atoms with Crippen molar-refractivity contribution in [1.82, 2.24) is 4.98 Å². The van der Waals surface area contributed by atoms with Crippen molar-refractivity contribution in [3.05, 3.63) is 11.1 Å². The molecular weight excluding hydrogens is 272 g/mol. The van der Waals surface area contributed by atoms with Crippen LogP contribution in [-0.2, 0) is 19.2 Å². The van der Waals surface area contributed by atoms with Crippen molar-refractivity contribution >= 4 is 34.1 Å². The molecule has 0 saturated heterocycles. The van der Waals surface area contributed by atoms with Gasteiger partial charge in [-0.05, 0) is 6.92 Å². The van der Waals surface area contributed by atoms with Gasteiger partial charge in [-0.15, -0.1) is 11.3 Å². The van der Waals surface area contributed by atoms with E-state index in [1.165, 1.54) is 12.5 Å². The second-order valence-electron chi connectivity index (χ2n) is 3.57. The van der Waals surface area contributed by atoms with Crippen LogP contribution in [-0.4, -0.2) is 35.8 Å². The SMILES string of the molecule is COC(=O)CC(C)ON=C(C(N)=O)c1csc(N)n1. The van der Waals surface area contributed by atoms with Gasteiger partial charge in [0.15, 0.2) is 10.8 Å². The number of aromatic nitrogens is 1. The van der Waals surface area contributed by atoms with E-state index in [2.05, 4.69) is 14.9 Å². The second kappa shape index (κ2) is 6.69. The van der Waals surface area contributed by atoms with Gasteiger partial charge in [0, 0.05) is 5.38 Å². The van der Waals surface area contributed by atoms with Crippen LogP contribution in [0.25, 0.3) is 0 Å². The first kappa shape index (κ1) is 14.9. The number of rotatable bonds is 6. The lowest BCUT2D eigenvalue weighted by Crippen LogP contribution is -2.26. The molecule has 0 saturated carbocycles. The topological polar surface area (TPSA) is 130 Å². The van der Waals surface area contributed by atoms with Gasteiger partial charge in [0.2, 0.25) is 0 Å². The number of hydrogen-bond acceptors (Lipinski definition) is 8. The highest BCUT2D eigenvalue weighted by molar-refractivity contribution is 7.13. The molecule has 0 aromatic carbocycles. The lowest BCUT2D eigenvalue weighted by atomic mass is 10.3. The first-order valence-corrected chi connectivity index (χ1v) is 6.13. The average molecular weight is 286 g/mol. The molecule has 0 fully saturated rings. The van der Waals surface area contributed by atoms with E-state index in [1.807, 2.05) is 0 Å². The molecule has 8 nitrogen and oxygen atoms in total. The molecule has 0 radical (unpaired) electrons. The third kappa shape index (κ3) is 4.54. The van der Waals surface area contributed by atoms with E-state index in [4.69, 9.17) is 16.3 Å². The van der Waals surface area contributed by atoms with E-state index in [1.54, 1.807) is 6.92 Å². The summed E-state index contributed by atoms with van der Waals surface area (Å²) in [5.74, 6) is -1.24. The van der Waals surface area contributed by atoms with Crippen LogP contribution < -0.4 is 11.5 Å². The summed E-state index contributed by atoms with van der Waals surface area (Å²) in [5.41, 5.74) is 10.7. The van der Waals surface area contributed by atoms with Gasteiger partial charge in [0.25, 0.3) is 5.91 Å². The summed E-state index contributed by atoms with van der Waals surface area (Å²) in [7, 11) is 1.27. The van der Waals surface area contributed by atoms with E-state index in [9.17, 15) is 9.59 Å². The van der Waals surface area contributed by atoms with E-state index in [0.29, 0.717) is 0 Å². The van der Waals surface area contributed by atoms with Crippen molar-refractivity contribution in [2.45, 2.75) is 19.4 Å². The van der Waals surface area contributed by atoms with E-state index < -0.39 is 18.0 Å². The normalized spacial score (nSPS) is 12.8.